The summed E-state index contributed by atoms with van der Waals surface area (Å²) in [5.41, 5.74) is 3.57. The van der Waals surface area contributed by atoms with Crippen LogP contribution in [0, 0.1) is 0 Å². The van der Waals surface area contributed by atoms with Crippen molar-refractivity contribution >= 4 is 80.0 Å². The molecule has 0 N–H and O–H groups in total. The molecular weight excluding hydrogens is 1040 g/mol. The molecule has 6 nitrogen and oxygen atoms in total. The van der Waals surface area contributed by atoms with Gasteiger partial charge in [0.15, 0.2) is 0 Å². The third-order valence-corrected chi connectivity index (χ3v) is 26.7. The summed E-state index contributed by atoms with van der Waals surface area (Å²) in [5.74, 6) is -0.0849. The molecule has 0 saturated carbocycles. The minimum absolute atomic E-state index is 0.0399. The molecule has 0 radical (unpaired) electrons. The topological polar surface area (TPSA) is 66.4 Å². The number of amides is 2. The molecule has 10 heteroatoms. The molecule has 79 heavy (non-hydrogen) atoms. The van der Waals surface area contributed by atoms with E-state index < -0.39 is 22.4 Å². The predicted molar refractivity (Wildman–Crippen MR) is 342 cm³/mol. The van der Waals surface area contributed by atoms with Crippen LogP contribution in [0.25, 0.3) is 11.4 Å². The zero-order valence-electron chi connectivity index (χ0n) is 44.7. The van der Waals surface area contributed by atoms with Crippen LogP contribution in [0.4, 0.5) is 0 Å². The molecular formula is C69H66N4O2P4+2. The Morgan fingerprint density at radius 1 is 0.443 bits per heavy atom. The molecule has 0 bridgehead atoms. The first-order chi connectivity index (χ1) is 38.9. The summed E-state index contributed by atoms with van der Waals surface area (Å²) in [6.07, 6.45) is 7.28. The van der Waals surface area contributed by atoms with Gasteiger partial charge in [-0.25, -0.2) is 0 Å². The molecule has 1 atom stereocenters. The number of benzene rings is 8. The lowest BCUT2D eigenvalue weighted by atomic mass is 10.1. The summed E-state index contributed by atoms with van der Waals surface area (Å²) < 4.78 is 0. The number of hydrogen-bond acceptors (Lipinski definition) is 4. The van der Waals surface area contributed by atoms with Crippen LogP contribution in [-0.4, -0.2) is 82.7 Å². The highest BCUT2D eigenvalue weighted by Crippen LogP contribution is 2.60. The fourth-order valence-electron chi connectivity index (χ4n) is 10.4. The van der Waals surface area contributed by atoms with Crippen LogP contribution < -0.4 is 37.1 Å². The van der Waals surface area contributed by atoms with Gasteiger partial charge < -0.3 is 9.80 Å². The zero-order valence-corrected chi connectivity index (χ0v) is 48.3. The van der Waals surface area contributed by atoms with Gasteiger partial charge in [0.25, 0.3) is 11.8 Å². The first-order valence-corrected chi connectivity index (χ1v) is 34.3. The smallest absolute Gasteiger partial charge is 0.258 e. The van der Waals surface area contributed by atoms with Gasteiger partial charge in [-0.3, -0.25) is 19.6 Å². The second kappa shape index (κ2) is 27.1. The van der Waals surface area contributed by atoms with Crippen molar-refractivity contribution in [3.63, 3.8) is 0 Å². The molecule has 10 rings (SSSR count). The maximum Gasteiger partial charge on any atom is 0.258 e. The third kappa shape index (κ3) is 13.8. The fourth-order valence-corrected chi connectivity index (χ4v) is 21.2. The molecule has 2 amide bonds. The molecule has 8 aromatic carbocycles. The van der Waals surface area contributed by atoms with Gasteiger partial charge in [0.05, 0.1) is 65.9 Å². The van der Waals surface area contributed by atoms with Crippen molar-refractivity contribution in [1.29, 1.82) is 0 Å². The minimum Gasteiger partial charge on any atom is -0.335 e. The van der Waals surface area contributed by atoms with Crippen molar-refractivity contribution in [2.75, 3.05) is 51.1 Å². The molecule has 1 unspecified atom stereocenters. The molecule has 392 valence electrons. The molecule has 0 aliphatic carbocycles. The van der Waals surface area contributed by atoms with Crippen molar-refractivity contribution in [1.82, 2.24) is 19.8 Å². The van der Waals surface area contributed by atoms with Crippen molar-refractivity contribution in [3.05, 3.63) is 296 Å². The SMILES string of the molecule is C[P+](CCN(CCP(c1ccccc1)c1ccccc1)C(=O)c1ccc(-c2ccc(C(=O)N(CCPc3ccccc3)C[P+](Cc3ccccc3)(c3ccccc3)c3ccccc3)cn2)nc1)(c1ccccc1)c1ccccc1. The number of nitrogens with zero attached hydrogens (tertiary/aromatic N) is 4. The summed E-state index contributed by atoms with van der Waals surface area (Å²) in [6.45, 7) is 4.18. The van der Waals surface area contributed by atoms with E-state index in [1.165, 1.54) is 42.7 Å². The highest BCUT2D eigenvalue weighted by atomic mass is 31.2. The summed E-state index contributed by atoms with van der Waals surface area (Å²) in [6, 6.07) is 93.6. The summed E-state index contributed by atoms with van der Waals surface area (Å²) in [5, 5.41) is 9.04. The number of pyridine rings is 2. The lowest BCUT2D eigenvalue weighted by Crippen LogP contribution is -2.40. The number of aromatic nitrogens is 2. The van der Waals surface area contributed by atoms with Crippen molar-refractivity contribution < 1.29 is 9.59 Å². The minimum atomic E-state index is -2.27. The van der Waals surface area contributed by atoms with Gasteiger partial charge >= 0.3 is 0 Å². The van der Waals surface area contributed by atoms with Crippen LogP contribution in [0.15, 0.2) is 279 Å². The van der Waals surface area contributed by atoms with Crippen molar-refractivity contribution in [2.45, 2.75) is 6.16 Å². The summed E-state index contributed by atoms with van der Waals surface area (Å²) in [4.78, 5) is 44.2. The first-order valence-electron chi connectivity index (χ1n) is 27.0. The number of carbonyl (C=O) groups excluding carboxylic acids is 2. The number of hydrogen-bond donors (Lipinski definition) is 0. The number of rotatable bonds is 23. The van der Waals surface area contributed by atoms with Gasteiger partial charge in [-0.1, -0.05) is 203 Å². The Labute approximate surface area is 471 Å². The average Bonchev–Trinajstić information content (AvgIpc) is 3.53. The standard InChI is InChI=1S/C69H66N4O2P4/c1-78(62-34-18-6-19-35-62,63-36-20-7-21-37-63)51-48-72(47-50-77(60-30-14-4-15-31-60)61-32-16-5-17-33-61)68(74)57-42-44-66(70-52-57)67-45-43-58(53-71-67)69(75)73(46-49-76-59-28-12-3-13-29-59)55-79(64-38-22-8-23-39-64,65-40-24-9-25-41-65)54-56-26-10-2-11-27-56/h2-45,52-53,76H,46-51,54-55H2,1H3/q+2. The van der Waals surface area contributed by atoms with E-state index in [1.54, 1.807) is 12.4 Å². The summed E-state index contributed by atoms with van der Waals surface area (Å²) >= 11 is 0. The molecule has 0 aliphatic rings. The zero-order chi connectivity index (χ0) is 54.1. The van der Waals surface area contributed by atoms with Gasteiger partial charge in [0.2, 0.25) is 0 Å². The summed E-state index contributed by atoms with van der Waals surface area (Å²) in [7, 11) is -4.35. The highest BCUT2D eigenvalue weighted by Gasteiger charge is 2.46. The Kier molecular flexibility index (Phi) is 18.9. The van der Waals surface area contributed by atoms with E-state index in [9.17, 15) is 0 Å². The second-order valence-corrected chi connectivity index (χ2v) is 31.0. The third-order valence-electron chi connectivity index (χ3n) is 14.7. The molecule has 0 spiro atoms. The second-order valence-electron chi connectivity index (χ2n) is 19.9. The molecule has 0 saturated heterocycles. The monoisotopic (exact) mass is 1110 g/mol. The molecule has 0 fully saturated rings. The van der Waals surface area contributed by atoms with Crippen LogP contribution in [0.2, 0.25) is 0 Å². The Morgan fingerprint density at radius 2 is 0.848 bits per heavy atom. The first kappa shape index (κ1) is 55.1. The van der Waals surface area contributed by atoms with Crippen molar-refractivity contribution in [2.24, 2.45) is 0 Å². The molecule has 0 aliphatic heterocycles. The van der Waals surface area contributed by atoms with E-state index in [0.717, 1.165) is 24.6 Å². The Balaban J connectivity index is 0.926. The Morgan fingerprint density at radius 3 is 1.29 bits per heavy atom. The van der Waals surface area contributed by atoms with Crippen LogP contribution in [0.1, 0.15) is 26.3 Å². The van der Waals surface area contributed by atoms with Gasteiger partial charge in [-0.2, -0.15) is 0 Å². The van der Waals surface area contributed by atoms with E-state index in [4.69, 9.17) is 9.97 Å². The van der Waals surface area contributed by atoms with E-state index in [-0.39, 0.29) is 11.8 Å². The highest BCUT2D eigenvalue weighted by molar-refractivity contribution is 7.89. The quantitative estimate of drug-likeness (QED) is 0.0599. The van der Waals surface area contributed by atoms with Crippen LogP contribution >= 0.6 is 31.0 Å². The van der Waals surface area contributed by atoms with Gasteiger partial charge in [-0.15, -0.1) is 0 Å². The van der Waals surface area contributed by atoms with Crippen LogP contribution in [0.3, 0.4) is 0 Å². The lowest BCUT2D eigenvalue weighted by Gasteiger charge is -2.33. The average molecular weight is 1110 g/mol. The largest absolute Gasteiger partial charge is 0.335 e. The fraction of sp³-hybridized carbons (Fsp3) is 0.130. The predicted octanol–water partition coefficient (Wildman–Crippen LogP) is 12.3. The van der Waals surface area contributed by atoms with Gasteiger partial charge in [0.1, 0.15) is 24.2 Å². The van der Waals surface area contributed by atoms with E-state index >= 15 is 9.59 Å². The van der Waals surface area contributed by atoms with Crippen LogP contribution in [0.5, 0.6) is 0 Å². The van der Waals surface area contributed by atoms with Gasteiger partial charge in [-0.05, 0) is 115 Å². The maximum atomic E-state index is 15.2. The lowest BCUT2D eigenvalue weighted by molar-refractivity contribution is 0.0772. The Hall–Kier alpha value is -7.28. The van der Waals surface area contributed by atoms with E-state index in [0.29, 0.717) is 57.0 Å². The molecule has 2 heterocycles. The normalized spacial score (nSPS) is 11.7. The van der Waals surface area contributed by atoms with Gasteiger partial charge in [0, 0.05) is 25.5 Å². The number of carbonyl (C=O) groups is 2. The van der Waals surface area contributed by atoms with E-state index in [1.807, 2.05) is 30.3 Å². The molecule has 10 aromatic rings. The van der Waals surface area contributed by atoms with Crippen molar-refractivity contribution in [3.8, 4) is 11.4 Å². The molecule has 2 aromatic heterocycles. The maximum absolute atomic E-state index is 15.2. The van der Waals surface area contributed by atoms with Crippen LogP contribution in [-0.2, 0) is 6.16 Å². The Bertz CT molecular complexity index is 3340. The van der Waals surface area contributed by atoms with E-state index in [2.05, 4.69) is 253 Å².